The SMILES string of the molecule is O=C(CCl)c1csc(N(Cc2cccs2)C2CC2)n1. The molecular weight excluding hydrogens is 300 g/mol. The van der Waals surface area contributed by atoms with Crippen LogP contribution in [0.2, 0.25) is 0 Å². The summed E-state index contributed by atoms with van der Waals surface area (Å²) in [5.74, 6) is -0.103. The minimum absolute atomic E-state index is 0.00245. The van der Waals surface area contributed by atoms with E-state index in [9.17, 15) is 4.79 Å². The Bertz CT molecular complexity index is 563. The van der Waals surface area contributed by atoms with E-state index in [1.807, 2.05) is 5.38 Å². The lowest BCUT2D eigenvalue weighted by Crippen LogP contribution is -2.24. The van der Waals surface area contributed by atoms with E-state index in [4.69, 9.17) is 11.6 Å². The van der Waals surface area contributed by atoms with E-state index in [0.717, 1.165) is 11.7 Å². The fraction of sp³-hybridized carbons (Fsp3) is 0.385. The third-order valence-electron chi connectivity index (χ3n) is 3.04. The van der Waals surface area contributed by atoms with E-state index in [0.29, 0.717) is 11.7 Å². The smallest absolute Gasteiger partial charge is 0.196 e. The number of nitrogens with zero attached hydrogens (tertiary/aromatic N) is 2. The van der Waals surface area contributed by atoms with E-state index in [2.05, 4.69) is 27.4 Å². The predicted octanol–water partition coefficient (Wildman–Crippen LogP) is 3.80. The standard InChI is InChI=1S/C13H13ClN2OS2/c14-6-12(17)11-8-19-13(15-11)16(9-3-4-9)7-10-2-1-5-18-10/h1-2,5,8-9H,3-4,6-7H2. The van der Waals surface area contributed by atoms with Gasteiger partial charge in [-0.05, 0) is 24.3 Å². The van der Waals surface area contributed by atoms with Crippen molar-refractivity contribution in [3.8, 4) is 0 Å². The summed E-state index contributed by atoms with van der Waals surface area (Å²) in [6, 6.07) is 4.78. The molecule has 2 heterocycles. The zero-order valence-electron chi connectivity index (χ0n) is 10.2. The first-order chi connectivity index (χ1) is 9.28. The van der Waals surface area contributed by atoms with Crippen LogP contribution in [-0.4, -0.2) is 22.7 Å². The summed E-state index contributed by atoms with van der Waals surface area (Å²) in [5, 5.41) is 4.83. The van der Waals surface area contributed by atoms with Crippen LogP contribution in [0.4, 0.5) is 5.13 Å². The lowest BCUT2D eigenvalue weighted by Gasteiger charge is -2.20. The second kappa shape index (κ2) is 5.61. The summed E-state index contributed by atoms with van der Waals surface area (Å²) >= 11 is 8.86. The number of hydrogen-bond donors (Lipinski definition) is 0. The molecule has 2 aromatic rings. The Hall–Kier alpha value is -0.910. The number of halogens is 1. The molecule has 0 spiro atoms. The van der Waals surface area contributed by atoms with Crippen molar-refractivity contribution in [1.82, 2.24) is 4.98 Å². The summed E-state index contributed by atoms with van der Waals surface area (Å²) in [4.78, 5) is 19.6. The molecule has 1 saturated carbocycles. The molecule has 0 atom stereocenters. The second-order valence-corrected chi connectivity index (χ2v) is 6.65. The Balaban J connectivity index is 1.80. The van der Waals surface area contributed by atoms with Gasteiger partial charge in [0.25, 0.3) is 0 Å². The van der Waals surface area contributed by atoms with Gasteiger partial charge in [0.2, 0.25) is 0 Å². The first kappa shape index (κ1) is 13.1. The number of carbonyl (C=O) groups is 1. The van der Waals surface area contributed by atoms with Crippen LogP contribution in [0.1, 0.15) is 28.2 Å². The highest BCUT2D eigenvalue weighted by Crippen LogP contribution is 2.35. The van der Waals surface area contributed by atoms with E-state index < -0.39 is 0 Å². The molecule has 100 valence electrons. The van der Waals surface area contributed by atoms with Crippen LogP contribution in [-0.2, 0) is 6.54 Å². The zero-order chi connectivity index (χ0) is 13.2. The van der Waals surface area contributed by atoms with Crippen LogP contribution < -0.4 is 4.90 Å². The quantitative estimate of drug-likeness (QED) is 0.601. The number of thiazole rings is 1. The number of aromatic nitrogens is 1. The summed E-state index contributed by atoms with van der Waals surface area (Å²) in [7, 11) is 0. The van der Waals surface area contributed by atoms with E-state index >= 15 is 0 Å². The monoisotopic (exact) mass is 312 g/mol. The van der Waals surface area contributed by atoms with Crippen LogP contribution in [0, 0.1) is 0 Å². The number of alkyl halides is 1. The molecule has 3 rings (SSSR count). The number of anilines is 1. The first-order valence-electron chi connectivity index (χ1n) is 6.11. The number of Topliss-reactive ketones (excluding diaryl/α,β-unsaturated/α-hetero) is 1. The Morgan fingerprint density at radius 3 is 2.95 bits per heavy atom. The van der Waals surface area contributed by atoms with Crippen molar-refractivity contribution in [1.29, 1.82) is 0 Å². The Morgan fingerprint density at radius 2 is 2.32 bits per heavy atom. The normalized spacial score (nSPS) is 14.6. The van der Waals surface area contributed by atoms with Gasteiger partial charge in [-0.1, -0.05) is 6.07 Å². The summed E-state index contributed by atoms with van der Waals surface area (Å²) in [6.45, 7) is 0.879. The van der Waals surface area contributed by atoms with E-state index in [-0.39, 0.29) is 11.7 Å². The van der Waals surface area contributed by atoms with Gasteiger partial charge in [0.05, 0.1) is 12.4 Å². The van der Waals surface area contributed by atoms with Gasteiger partial charge in [-0.25, -0.2) is 4.98 Å². The molecular formula is C13H13ClN2OS2. The molecule has 2 aromatic heterocycles. The molecule has 0 unspecified atom stereocenters. The first-order valence-corrected chi connectivity index (χ1v) is 8.41. The molecule has 0 bridgehead atoms. The Labute approximate surface area is 124 Å². The van der Waals surface area contributed by atoms with Gasteiger partial charge in [-0.3, -0.25) is 4.79 Å². The molecule has 6 heteroatoms. The number of hydrogen-bond acceptors (Lipinski definition) is 5. The van der Waals surface area contributed by atoms with Gasteiger partial charge in [0.1, 0.15) is 5.69 Å². The molecule has 0 radical (unpaired) electrons. The van der Waals surface area contributed by atoms with Gasteiger partial charge < -0.3 is 4.90 Å². The lowest BCUT2D eigenvalue weighted by atomic mass is 10.3. The minimum atomic E-state index is -0.101. The molecule has 0 aromatic carbocycles. The summed E-state index contributed by atoms with van der Waals surface area (Å²) in [5.41, 5.74) is 0.492. The van der Waals surface area contributed by atoms with Crippen molar-refractivity contribution in [3.05, 3.63) is 33.5 Å². The maximum absolute atomic E-state index is 11.5. The van der Waals surface area contributed by atoms with Crippen LogP contribution in [0.25, 0.3) is 0 Å². The van der Waals surface area contributed by atoms with Gasteiger partial charge in [0.15, 0.2) is 10.9 Å². The lowest BCUT2D eigenvalue weighted by molar-refractivity contribution is 0.101. The van der Waals surface area contributed by atoms with Crippen molar-refractivity contribution in [2.24, 2.45) is 0 Å². The Kier molecular flexibility index (Phi) is 3.86. The average Bonchev–Trinajstić information content (AvgIpc) is 2.94. The summed E-state index contributed by atoms with van der Waals surface area (Å²) < 4.78 is 0. The topological polar surface area (TPSA) is 33.2 Å². The minimum Gasteiger partial charge on any atom is -0.340 e. The molecule has 0 N–H and O–H groups in total. The highest BCUT2D eigenvalue weighted by molar-refractivity contribution is 7.14. The third-order valence-corrected chi connectivity index (χ3v) is 5.02. The zero-order valence-corrected chi connectivity index (χ0v) is 12.6. The highest BCUT2D eigenvalue weighted by atomic mass is 35.5. The maximum Gasteiger partial charge on any atom is 0.196 e. The number of carbonyl (C=O) groups excluding carboxylic acids is 1. The Morgan fingerprint density at radius 1 is 1.47 bits per heavy atom. The fourth-order valence-electron chi connectivity index (χ4n) is 1.90. The van der Waals surface area contributed by atoms with Gasteiger partial charge in [-0.2, -0.15) is 0 Å². The second-order valence-electron chi connectivity index (χ2n) is 4.51. The van der Waals surface area contributed by atoms with Crippen molar-refractivity contribution >= 4 is 45.2 Å². The van der Waals surface area contributed by atoms with Crippen molar-refractivity contribution in [3.63, 3.8) is 0 Å². The molecule has 1 aliphatic carbocycles. The van der Waals surface area contributed by atoms with Crippen molar-refractivity contribution in [2.75, 3.05) is 10.8 Å². The predicted molar refractivity (Wildman–Crippen MR) is 80.7 cm³/mol. The number of rotatable bonds is 6. The third kappa shape index (κ3) is 2.99. The van der Waals surface area contributed by atoms with Crippen LogP contribution >= 0.6 is 34.3 Å². The van der Waals surface area contributed by atoms with Crippen molar-refractivity contribution in [2.45, 2.75) is 25.4 Å². The molecule has 0 saturated heterocycles. The van der Waals surface area contributed by atoms with Crippen molar-refractivity contribution < 1.29 is 4.79 Å². The van der Waals surface area contributed by atoms with Crippen LogP contribution in [0.5, 0.6) is 0 Å². The van der Waals surface area contributed by atoms with Gasteiger partial charge >= 0.3 is 0 Å². The van der Waals surface area contributed by atoms with Gasteiger partial charge in [-0.15, -0.1) is 34.3 Å². The molecule has 1 fully saturated rings. The number of thiophene rings is 1. The summed E-state index contributed by atoms with van der Waals surface area (Å²) in [6.07, 6.45) is 2.42. The number of ketones is 1. The molecule has 0 aliphatic heterocycles. The largest absolute Gasteiger partial charge is 0.340 e. The van der Waals surface area contributed by atoms with Crippen LogP contribution in [0.15, 0.2) is 22.9 Å². The van der Waals surface area contributed by atoms with Gasteiger partial charge in [0, 0.05) is 16.3 Å². The molecule has 0 amide bonds. The van der Waals surface area contributed by atoms with E-state index in [1.54, 1.807) is 11.3 Å². The molecule has 19 heavy (non-hydrogen) atoms. The van der Waals surface area contributed by atoms with Crippen LogP contribution in [0.3, 0.4) is 0 Å². The van der Waals surface area contributed by atoms with E-state index in [1.165, 1.54) is 29.1 Å². The average molecular weight is 313 g/mol. The highest BCUT2D eigenvalue weighted by Gasteiger charge is 2.31. The maximum atomic E-state index is 11.5. The molecule has 1 aliphatic rings. The fourth-order valence-corrected chi connectivity index (χ4v) is 3.64. The molecule has 3 nitrogen and oxygen atoms in total.